The predicted molar refractivity (Wildman–Crippen MR) is 93.0 cm³/mol. The molecule has 144 valence electrons. The lowest BCUT2D eigenvalue weighted by Gasteiger charge is -2.07. The van der Waals surface area contributed by atoms with E-state index in [0.717, 1.165) is 24.3 Å². The normalized spacial score (nSPS) is 13.8. The SMILES string of the molecule is C/C(C/C(C)=N/c1ccc(C(F)(F)F)cc1)=N/c1ccc(C(F)(F)F)cc1. The third-order valence-electron chi connectivity index (χ3n) is 3.54. The molecular formula is C19H16F6N2. The molecule has 0 heterocycles. The summed E-state index contributed by atoms with van der Waals surface area (Å²) in [5, 5.41) is 0. The van der Waals surface area contributed by atoms with Crippen molar-refractivity contribution < 1.29 is 26.3 Å². The molecule has 0 aliphatic heterocycles. The number of rotatable bonds is 4. The van der Waals surface area contributed by atoms with Crippen molar-refractivity contribution in [3.63, 3.8) is 0 Å². The summed E-state index contributed by atoms with van der Waals surface area (Å²) in [6.45, 7) is 3.40. The molecule has 0 amide bonds. The van der Waals surface area contributed by atoms with Gasteiger partial charge < -0.3 is 0 Å². The Balaban J connectivity index is 2.06. The van der Waals surface area contributed by atoms with E-state index >= 15 is 0 Å². The summed E-state index contributed by atoms with van der Waals surface area (Å²) >= 11 is 0. The van der Waals surface area contributed by atoms with Crippen molar-refractivity contribution in [2.24, 2.45) is 9.98 Å². The lowest BCUT2D eigenvalue weighted by Crippen LogP contribution is -2.04. The molecule has 0 bridgehead atoms. The van der Waals surface area contributed by atoms with Gasteiger partial charge in [0.15, 0.2) is 0 Å². The minimum absolute atomic E-state index is 0.335. The number of alkyl halides is 6. The molecule has 0 N–H and O–H groups in total. The van der Waals surface area contributed by atoms with Gasteiger partial charge in [0.1, 0.15) is 0 Å². The van der Waals surface area contributed by atoms with Gasteiger partial charge in [0.25, 0.3) is 0 Å². The zero-order valence-electron chi connectivity index (χ0n) is 14.5. The summed E-state index contributed by atoms with van der Waals surface area (Å²) in [4.78, 5) is 8.46. The van der Waals surface area contributed by atoms with E-state index in [4.69, 9.17) is 0 Å². The Kier molecular flexibility index (Phi) is 6.08. The van der Waals surface area contributed by atoms with Gasteiger partial charge in [0.05, 0.1) is 22.5 Å². The molecule has 0 unspecified atom stereocenters. The average Bonchev–Trinajstić information content (AvgIpc) is 2.53. The van der Waals surface area contributed by atoms with E-state index in [9.17, 15) is 26.3 Å². The standard InChI is InChI=1S/C19H16F6N2/c1-12(26-16-7-3-14(4-8-16)18(20,21)22)11-13(2)27-17-9-5-15(6-10-17)19(23,24)25/h3-10H,11H2,1-2H3/b26-12-,27-13+. The minimum Gasteiger partial charge on any atom is -0.258 e. The molecule has 0 aromatic heterocycles. The second kappa shape index (κ2) is 7.94. The number of halogens is 6. The molecule has 2 nitrogen and oxygen atoms in total. The third-order valence-corrected chi connectivity index (χ3v) is 3.54. The summed E-state index contributed by atoms with van der Waals surface area (Å²) in [6.07, 6.45) is -8.47. The maximum atomic E-state index is 12.5. The molecule has 0 fully saturated rings. The van der Waals surface area contributed by atoms with E-state index in [0.29, 0.717) is 29.2 Å². The summed E-state index contributed by atoms with van der Waals surface area (Å²) in [6, 6.07) is 8.90. The van der Waals surface area contributed by atoms with Crippen molar-refractivity contribution >= 4 is 22.8 Å². The molecule has 2 aromatic carbocycles. The van der Waals surface area contributed by atoms with Crippen LogP contribution in [-0.4, -0.2) is 11.4 Å². The largest absolute Gasteiger partial charge is 0.416 e. The van der Waals surface area contributed by atoms with Crippen LogP contribution in [0.1, 0.15) is 31.4 Å². The molecule has 0 aliphatic carbocycles. The molecule has 0 atom stereocenters. The maximum Gasteiger partial charge on any atom is 0.416 e. The molecule has 0 saturated carbocycles. The molecule has 0 radical (unpaired) electrons. The molecule has 27 heavy (non-hydrogen) atoms. The van der Waals surface area contributed by atoms with Gasteiger partial charge in [0.2, 0.25) is 0 Å². The van der Waals surface area contributed by atoms with Crippen LogP contribution in [0.5, 0.6) is 0 Å². The van der Waals surface area contributed by atoms with Crippen molar-refractivity contribution in [1.29, 1.82) is 0 Å². The Morgan fingerprint density at radius 1 is 0.630 bits per heavy atom. The zero-order chi connectivity index (χ0) is 20.2. The Hall–Kier alpha value is -2.64. The van der Waals surface area contributed by atoms with Crippen LogP contribution in [0.2, 0.25) is 0 Å². The second-order valence-electron chi connectivity index (χ2n) is 5.96. The van der Waals surface area contributed by atoms with E-state index in [-0.39, 0.29) is 0 Å². The quantitative estimate of drug-likeness (QED) is 0.399. The summed E-state index contributed by atoms with van der Waals surface area (Å²) in [5.74, 6) is 0. The number of hydrogen-bond acceptors (Lipinski definition) is 2. The van der Waals surface area contributed by atoms with Crippen molar-refractivity contribution in [3.05, 3.63) is 59.7 Å². The van der Waals surface area contributed by atoms with Crippen LogP contribution in [0.4, 0.5) is 37.7 Å². The highest BCUT2D eigenvalue weighted by molar-refractivity contribution is 6.04. The van der Waals surface area contributed by atoms with Gasteiger partial charge in [-0.25, -0.2) is 0 Å². The van der Waals surface area contributed by atoms with E-state index < -0.39 is 23.5 Å². The lowest BCUT2D eigenvalue weighted by atomic mass is 10.1. The minimum atomic E-state index is -4.40. The first-order chi connectivity index (χ1) is 12.4. The Bertz CT molecular complexity index is 757. The Morgan fingerprint density at radius 2 is 0.926 bits per heavy atom. The summed E-state index contributed by atoms with van der Waals surface area (Å²) in [7, 11) is 0. The van der Waals surface area contributed by atoms with E-state index in [1.807, 2.05) is 0 Å². The molecular weight excluding hydrogens is 370 g/mol. The first kappa shape index (κ1) is 20.7. The molecule has 8 heteroatoms. The molecule has 0 spiro atoms. The predicted octanol–water partition coefficient (Wildman–Crippen LogP) is 7.00. The van der Waals surface area contributed by atoms with Crippen molar-refractivity contribution in [1.82, 2.24) is 0 Å². The van der Waals surface area contributed by atoms with Gasteiger partial charge in [-0.1, -0.05) is 0 Å². The Labute approximate surface area is 152 Å². The van der Waals surface area contributed by atoms with Gasteiger partial charge in [-0.2, -0.15) is 26.3 Å². The smallest absolute Gasteiger partial charge is 0.258 e. The van der Waals surface area contributed by atoms with Crippen LogP contribution in [0.25, 0.3) is 0 Å². The Morgan fingerprint density at radius 3 is 1.19 bits per heavy atom. The first-order valence-electron chi connectivity index (χ1n) is 7.88. The summed E-state index contributed by atoms with van der Waals surface area (Å²) < 4.78 is 75.2. The van der Waals surface area contributed by atoms with Crippen molar-refractivity contribution in [2.75, 3.05) is 0 Å². The molecule has 0 aliphatic rings. The average molecular weight is 386 g/mol. The number of benzene rings is 2. The molecule has 0 saturated heterocycles. The second-order valence-corrected chi connectivity index (χ2v) is 5.96. The maximum absolute atomic E-state index is 12.5. The fourth-order valence-corrected chi connectivity index (χ4v) is 2.34. The fourth-order valence-electron chi connectivity index (χ4n) is 2.34. The van der Waals surface area contributed by atoms with Gasteiger partial charge in [-0.15, -0.1) is 0 Å². The van der Waals surface area contributed by atoms with Gasteiger partial charge in [-0.3, -0.25) is 9.98 Å². The van der Waals surface area contributed by atoms with Gasteiger partial charge in [0, 0.05) is 17.8 Å². The van der Waals surface area contributed by atoms with Crippen LogP contribution < -0.4 is 0 Å². The van der Waals surface area contributed by atoms with Gasteiger partial charge >= 0.3 is 12.4 Å². The van der Waals surface area contributed by atoms with Gasteiger partial charge in [-0.05, 0) is 62.4 Å². The molecule has 2 rings (SSSR count). The van der Waals surface area contributed by atoms with E-state index in [1.165, 1.54) is 24.3 Å². The van der Waals surface area contributed by atoms with Crippen LogP contribution in [0, 0.1) is 0 Å². The highest BCUT2D eigenvalue weighted by Crippen LogP contribution is 2.31. The number of aliphatic imine (C=N–C) groups is 2. The highest BCUT2D eigenvalue weighted by Gasteiger charge is 2.30. The molecule has 2 aromatic rings. The fraction of sp³-hybridized carbons (Fsp3) is 0.263. The van der Waals surface area contributed by atoms with Crippen molar-refractivity contribution in [2.45, 2.75) is 32.6 Å². The lowest BCUT2D eigenvalue weighted by molar-refractivity contribution is -0.138. The monoisotopic (exact) mass is 386 g/mol. The summed E-state index contributed by atoms with van der Waals surface area (Å²) in [5.41, 5.74) is 0.481. The third kappa shape index (κ3) is 6.23. The topological polar surface area (TPSA) is 24.7 Å². The number of nitrogens with zero attached hydrogens (tertiary/aromatic N) is 2. The van der Waals surface area contributed by atoms with E-state index in [2.05, 4.69) is 9.98 Å². The van der Waals surface area contributed by atoms with Crippen LogP contribution in [-0.2, 0) is 12.4 Å². The highest BCUT2D eigenvalue weighted by atomic mass is 19.4. The number of hydrogen-bond donors (Lipinski definition) is 0. The van der Waals surface area contributed by atoms with Crippen LogP contribution in [0.15, 0.2) is 58.5 Å². The van der Waals surface area contributed by atoms with E-state index in [1.54, 1.807) is 13.8 Å². The van der Waals surface area contributed by atoms with Crippen LogP contribution in [0.3, 0.4) is 0 Å². The van der Waals surface area contributed by atoms with Crippen molar-refractivity contribution in [3.8, 4) is 0 Å². The zero-order valence-corrected chi connectivity index (χ0v) is 14.5. The van der Waals surface area contributed by atoms with Crippen LogP contribution >= 0.6 is 0 Å². The first-order valence-corrected chi connectivity index (χ1v) is 7.88.